The fraction of sp³-hybridized carbons (Fsp3) is 0.235. The summed E-state index contributed by atoms with van der Waals surface area (Å²) in [5.41, 5.74) is 4.03. The maximum Gasteiger partial charge on any atom is 0.225 e. The van der Waals surface area contributed by atoms with Crippen molar-refractivity contribution in [3.63, 3.8) is 0 Å². The molecule has 1 aliphatic rings. The minimum Gasteiger partial charge on any atom is -0.361 e. The van der Waals surface area contributed by atoms with Gasteiger partial charge in [-0.15, -0.1) is 0 Å². The molecule has 0 aliphatic heterocycles. The van der Waals surface area contributed by atoms with Crippen LogP contribution in [0.3, 0.4) is 0 Å². The van der Waals surface area contributed by atoms with E-state index >= 15 is 0 Å². The topological polar surface area (TPSA) is 50.7 Å². The van der Waals surface area contributed by atoms with Crippen LogP contribution in [0.4, 0.5) is 5.82 Å². The third kappa shape index (κ3) is 2.84. The van der Waals surface area contributed by atoms with Crippen molar-refractivity contribution in [3.8, 4) is 0 Å². The van der Waals surface area contributed by atoms with Gasteiger partial charge in [0.15, 0.2) is 5.82 Å². The van der Waals surface area contributed by atoms with Crippen LogP contribution in [0.25, 0.3) is 11.0 Å². The van der Waals surface area contributed by atoms with E-state index < -0.39 is 0 Å². The van der Waals surface area contributed by atoms with Gasteiger partial charge in [0.2, 0.25) is 5.28 Å². The van der Waals surface area contributed by atoms with Gasteiger partial charge >= 0.3 is 0 Å². The second kappa shape index (κ2) is 5.95. The lowest BCUT2D eigenvalue weighted by Crippen LogP contribution is -2.18. The van der Waals surface area contributed by atoms with E-state index in [1.54, 1.807) is 12.3 Å². The van der Waals surface area contributed by atoms with Gasteiger partial charge < -0.3 is 5.32 Å². The normalized spacial score (nSPS) is 17.0. The zero-order chi connectivity index (χ0) is 15.8. The lowest BCUT2D eigenvalue weighted by molar-refractivity contribution is 0.599. The van der Waals surface area contributed by atoms with Gasteiger partial charge in [-0.2, -0.15) is 4.98 Å². The highest BCUT2D eigenvalue weighted by atomic mass is 35.5. The molecule has 23 heavy (non-hydrogen) atoms. The summed E-state index contributed by atoms with van der Waals surface area (Å²) in [7, 11) is 0. The predicted molar refractivity (Wildman–Crippen MR) is 93.1 cm³/mol. The van der Waals surface area contributed by atoms with Gasteiger partial charge in [0, 0.05) is 6.20 Å². The lowest BCUT2D eigenvalue weighted by Gasteiger charge is -2.27. The van der Waals surface area contributed by atoms with E-state index in [9.17, 15) is 0 Å². The molecule has 1 aromatic carbocycles. The number of hydrogen-bond donors (Lipinski definition) is 1. The number of fused-ring (bicyclic) bond motifs is 2. The number of benzene rings is 1. The number of nitrogens with zero attached hydrogens (tertiary/aromatic N) is 3. The first-order valence-corrected chi connectivity index (χ1v) is 8.29. The first kappa shape index (κ1) is 14.7. The van der Waals surface area contributed by atoms with Crippen molar-refractivity contribution in [2.24, 2.45) is 0 Å². The molecule has 0 radical (unpaired) electrons. The van der Waals surface area contributed by atoms with Crippen LogP contribution < -0.4 is 5.32 Å². The molecule has 3 aromatic rings. The Hall–Kier alpha value is -1.91. The van der Waals surface area contributed by atoms with E-state index in [-0.39, 0.29) is 11.3 Å². The quantitative estimate of drug-likeness (QED) is 0.677. The average molecular weight is 345 g/mol. The molecule has 116 valence electrons. The molecule has 6 heteroatoms. The molecule has 4 nitrogen and oxygen atoms in total. The van der Waals surface area contributed by atoms with E-state index in [1.165, 1.54) is 11.1 Å². The van der Waals surface area contributed by atoms with Crippen LogP contribution in [-0.2, 0) is 6.42 Å². The number of anilines is 1. The molecule has 0 fully saturated rings. The minimum atomic E-state index is 0.188. The Morgan fingerprint density at radius 1 is 1.13 bits per heavy atom. The highest BCUT2D eigenvalue weighted by Gasteiger charge is 2.21. The SMILES string of the molecule is Clc1cnc2c(NC3CCCc4ccccc43)nc(Cl)nc2c1. The summed E-state index contributed by atoms with van der Waals surface area (Å²) in [6.07, 6.45) is 4.91. The molecule has 1 atom stereocenters. The Morgan fingerprint density at radius 3 is 2.91 bits per heavy atom. The van der Waals surface area contributed by atoms with Crippen LogP contribution in [-0.4, -0.2) is 15.0 Å². The van der Waals surface area contributed by atoms with Gasteiger partial charge in [-0.25, -0.2) is 9.97 Å². The number of pyridine rings is 1. The minimum absolute atomic E-state index is 0.188. The highest BCUT2D eigenvalue weighted by Crippen LogP contribution is 2.33. The Bertz CT molecular complexity index is 876. The number of halogens is 2. The average Bonchev–Trinajstić information content (AvgIpc) is 2.54. The van der Waals surface area contributed by atoms with Crippen molar-refractivity contribution in [3.05, 3.63) is 58.0 Å². The van der Waals surface area contributed by atoms with Crippen molar-refractivity contribution in [2.75, 3.05) is 5.32 Å². The fourth-order valence-corrected chi connectivity index (χ4v) is 3.46. The zero-order valence-corrected chi connectivity index (χ0v) is 13.8. The Balaban J connectivity index is 1.77. The van der Waals surface area contributed by atoms with Crippen LogP contribution in [0, 0.1) is 0 Å². The summed E-state index contributed by atoms with van der Waals surface area (Å²) in [6.45, 7) is 0. The van der Waals surface area contributed by atoms with Crippen molar-refractivity contribution in [1.29, 1.82) is 0 Å². The van der Waals surface area contributed by atoms with Gasteiger partial charge in [0.1, 0.15) is 5.52 Å². The monoisotopic (exact) mass is 344 g/mol. The summed E-state index contributed by atoms with van der Waals surface area (Å²) < 4.78 is 0. The van der Waals surface area contributed by atoms with Crippen molar-refractivity contribution < 1.29 is 0 Å². The third-order valence-electron chi connectivity index (χ3n) is 4.16. The molecule has 1 unspecified atom stereocenters. The highest BCUT2D eigenvalue weighted by molar-refractivity contribution is 6.31. The van der Waals surface area contributed by atoms with E-state index in [0.29, 0.717) is 21.9 Å². The smallest absolute Gasteiger partial charge is 0.225 e. The number of rotatable bonds is 2. The van der Waals surface area contributed by atoms with Gasteiger partial charge in [0.05, 0.1) is 16.6 Å². The van der Waals surface area contributed by atoms with E-state index in [0.717, 1.165) is 19.3 Å². The second-order valence-corrected chi connectivity index (χ2v) is 6.42. The molecule has 1 N–H and O–H groups in total. The van der Waals surface area contributed by atoms with Crippen LogP contribution >= 0.6 is 23.2 Å². The first-order chi connectivity index (χ1) is 11.2. The van der Waals surface area contributed by atoms with Crippen molar-refractivity contribution >= 4 is 40.1 Å². The zero-order valence-electron chi connectivity index (χ0n) is 12.3. The molecular formula is C17H14Cl2N4. The summed E-state index contributed by atoms with van der Waals surface area (Å²) in [5, 5.41) is 4.22. The number of nitrogens with one attached hydrogen (secondary N) is 1. The van der Waals surface area contributed by atoms with Crippen LogP contribution in [0.5, 0.6) is 0 Å². The van der Waals surface area contributed by atoms with Gasteiger partial charge in [-0.3, -0.25) is 0 Å². The molecular weight excluding hydrogens is 331 g/mol. The fourth-order valence-electron chi connectivity index (χ4n) is 3.14. The van der Waals surface area contributed by atoms with Gasteiger partial charge in [-0.1, -0.05) is 35.9 Å². The summed E-state index contributed by atoms with van der Waals surface area (Å²) >= 11 is 12.1. The van der Waals surface area contributed by atoms with Crippen molar-refractivity contribution in [2.45, 2.75) is 25.3 Å². The number of aryl methyl sites for hydroxylation is 1. The maximum atomic E-state index is 6.06. The van der Waals surface area contributed by atoms with E-state index in [2.05, 4.69) is 44.5 Å². The lowest BCUT2D eigenvalue weighted by atomic mass is 9.88. The van der Waals surface area contributed by atoms with Crippen LogP contribution in [0.15, 0.2) is 36.5 Å². The molecule has 0 saturated heterocycles. The first-order valence-electron chi connectivity index (χ1n) is 7.54. The molecule has 0 bridgehead atoms. The largest absolute Gasteiger partial charge is 0.361 e. The molecule has 2 aromatic heterocycles. The molecule has 0 amide bonds. The summed E-state index contributed by atoms with van der Waals surface area (Å²) in [4.78, 5) is 12.9. The molecule has 0 spiro atoms. The van der Waals surface area contributed by atoms with Gasteiger partial charge in [-0.05, 0) is 48.1 Å². The summed E-state index contributed by atoms with van der Waals surface area (Å²) in [6, 6.07) is 10.5. The number of hydrogen-bond acceptors (Lipinski definition) is 4. The number of aromatic nitrogens is 3. The Morgan fingerprint density at radius 2 is 2.00 bits per heavy atom. The van der Waals surface area contributed by atoms with Crippen molar-refractivity contribution in [1.82, 2.24) is 15.0 Å². The standard InChI is InChI=1S/C17H14Cl2N4/c18-11-8-14-15(20-9-11)16(23-17(19)22-14)21-13-7-3-5-10-4-1-2-6-12(10)13/h1-2,4,6,8-9,13H,3,5,7H2,(H,21,22,23). The van der Waals surface area contributed by atoms with Crippen LogP contribution in [0.2, 0.25) is 10.3 Å². The van der Waals surface area contributed by atoms with Gasteiger partial charge in [0.25, 0.3) is 0 Å². The van der Waals surface area contributed by atoms with E-state index in [1.807, 2.05) is 0 Å². The maximum absolute atomic E-state index is 6.06. The van der Waals surface area contributed by atoms with Crippen LogP contribution in [0.1, 0.15) is 30.0 Å². The summed E-state index contributed by atoms with van der Waals surface area (Å²) in [5.74, 6) is 0.651. The Labute approximate surface area is 143 Å². The molecule has 1 aliphatic carbocycles. The second-order valence-electron chi connectivity index (χ2n) is 5.65. The molecule has 2 heterocycles. The Kier molecular flexibility index (Phi) is 3.79. The van der Waals surface area contributed by atoms with E-state index in [4.69, 9.17) is 23.2 Å². The third-order valence-corrected chi connectivity index (χ3v) is 4.53. The molecule has 0 saturated carbocycles. The molecule has 4 rings (SSSR count). The predicted octanol–water partition coefficient (Wildman–Crippen LogP) is 4.82.